The van der Waals surface area contributed by atoms with Crippen LogP contribution in [0.25, 0.3) is 10.6 Å². The first-order valence-corrected chi connectivity index (χ1v) is 8.84. The van der Waals surface area contributed by atoms with Gasteiger partial charge in [-0.15, -0.1) is 10.2 Å². The van der Waals surface area contributed by atoms with Crippen LogP contribution in [0.4, 0.5) is 9.93 Å². The lowest BCUT2D eigenvalue weighted by molar-refractivity contribution is 0.248. The molecule has 8 heteroatoms. The van der Waals surface area contributed by atoms with Crippen LogP contribution in [0.15, 0.2) is 36.7 Å². The van der Waals surface area contributed by atoms with Crippen molar-refractivity contribution in [3.05, 3.63) is 47.8 Å². The van der Waals surface area contributed by atoms with Crippen molar-refractivity contribution in [3.63, 3.8) is 0 Å². The highest BCUT2D eigenvalue weighted by molar-refractivity contribution is 7.18. The summed E-state index contributed by atoms with van der Waals surface area (Å²) in [6.45, 7) is 4.04. The minimum atomic E-state index is -0.303. The number of amides is 2. The summed E-state index contributed by atoms with van der Waals surface area (Å²) in [5.41, 5.74) is 3.12. The average molecular weight is 356 g/mol. The Morgan fingerprint density at radius 1 is 1.32 bits per heavy atom. The zero-order chi connectivity index (χ0) is 17.8. The van der Waals surface area contributed by atoms with E-state index in [0.717, 1.165) is 28.1 Å². The fourth-order valence-corrected chi connectivity index (χ4v) is 3.36. The number of nitrogens with zero attached hydrogens (tertiary/aromatic N) is 4. The molecule has 25 heavy (non-hydrogen) atoms. The number of carbonyl (C=O) groups excluding carboxylic acids is 1. The first-order valence-electron chi connectivity index (χ1n) is 8.02. The first kappa shape index (κ1) is 17.1. The molecule has 3 aromatic rings. The van der Waals surface area contributed by atoms with Crippen molar-refractivity contribution in [2.75, 3.05) is 5.32 Å². The van der Waals surface area contributed by atoms with Gasteiger partial charge in [0.2, 0.25) is 5.13 Å². The predicted octanol–water partition coefficient (Wildman–Crippen LogP) is 3.52. The summed E-state index contributed by atoms with van der Waals surface area (Å²) < 4.78 is 1.72. The lowest BCUT2D eigenvalue weighted by Gasteiger charge is -2.15. The van der Waals surface area contributed by atoms with Crippen molar-refractivity contribution in [2.45, 2.75) is 26.3 Å². The molecule has 130 valence electrons. The molecule has 0 aliphatic heterocycles. The van der Waals surface area contributed by atoms with Crippen LogP contribution in [0.5, 0.6) is 0 Å². The van der Waals surface area contributed by atoms with Gasteiger partial charge in [-0.2, -0.15) is 5.10 Å². The summed E-state index contributed by atoms with van der Waals surface area (Å²) in [4.78, 5) is 12.3. The summed E-state index contributed by atoms with van der Waals surface area (Å²) in [6, 6.07) is 7.56. The topological polar surface area (TPSA) is 84.7 Å². The Balaban J connectivity index is 1.66. The number of nitrogens with one attached hydrogen (secondary N) is 2. The molecule has 0 fully saturated rings. The Morgan fingerprint density at radius 3 is 2.80 bits per heavy atom. The molecule has 0 saturated heterocycles. The highest BCUT2D eigenvalue weighted by Gasteiger charge is 2.16. The minimum Gasteiger partial charge on any atom is -0.331 e. The molecule has 2 aromatic heterocycles. The lowest BCUT2D eigenvalue weighted by Crippen LogP contribution is -2.32. The predicted molar refractivity (Wildman–Crippen MR) is 98.5 cm³/mol. The monoisotopic (exact) mass is 356 g/mol. The number of aromatic nitrogens is 4. The lowest BCUT2D eigenvalue weighted by atomic mass is 10.1. The molecular formula is C17H20N6OS. The van der Waals surface area contributed by atoms with Crippen LogP contribution in [0.2, 0.25) is 0 Å². The van der Waals surface area contributed by atoms with Gasteiger partial charge in [-0.05, 0) is 18.9 Å². The van der Waals surface area contributed by atoms with Crippen LogP contribution >= 0.6 is 11.3 Å². The van der Waals surface area contributed by atoms with Gasteiger partial charge < -0.3 is 5.32 Å². The zero-order valence-electron chi connectivity index (χ0n) is 14.4. The van der Waals surface area contributed by atoms with Gasteiger partial charge >= 0.3 is 6.03 Å². The molecule has 1 atom stereocenters. The second-order valence-electron chi connectivity index (χ2n) is 5.73. The summed E-state index contributed by atoms with van der Waals surface area (Å²) in [5.74, 6) is 0. The van der Waals surface area contributed by atoms with E-state index < -0.39 is 0 Å². The van der Waals surface area contributed by atoms with Gasteiger partial charge in [0.15, 0.2) is 0 Å². The fraction of sp³-hybridized carbons (Fsp3) is 0.294. The number of carbonyl (C=O) groups is 1. The van der Waals surface area contributed by atoms with Gasteiger partial charge in [-0.25, -0.2) is 4.79 Å². The van der Waals surface area contributed by atoms with Crippen molar-refractivity contribution in [1.82, 2.24) is 25.3 Å². The molecule has 0 unspecified atom stereocenters. The van der Waals surface area contributed by atoms with Gasteiger partial charge in [-0.3, -0.25) is 10.00 Å². The summed E-state index contributed by atoms with van der Waals surface area (Å²) in [5, 5.41) is 19.3. The maximum Gasteiger partial charge on any atom is 0.321 e. The second-order valence-corrected chi connectivity index (χ2v) is 6.71. The summed E-state index contributed by atoms with van der Waals surface area (Å²) in [7, 11) is 1.85. The van der Waals surface area contributed by atoms with Crippen LogP contribution in [0.3, 0.4) is 0 Å². The van der Waals surface area contributed by atoms with Gasteiger partial charge in [0.25, 0.3) is 0 Å². The van der Waals surface area contributed by atoms with Gasteiger partial charge in [0.05, 0.1) is 12.2 Å². The van der Waals surface area contributed by atoms with Crippen molar-refractivity contribution >= 4 is 22.5 Å². The molecule has 3 rings (SSSR count). The van der Waals surface area contributed by atoms with E-state index in [1.54, 1.807) is 10.9 Å². The number of urea groups is 1. The number of benzene rings is 1. The van der Waals surface area contributed by atoms with Crippen LogP contribution < -0.4 is 10.6 Å². The van der Waals surface area contributed by atoms with Crippen molar-refractivity contribution in [1.29, 1.82) is 0 Å². The highest BCUT2D eigenvalue weighted by Crippen LogP contribution is 2.28. The standard InChI is InChI=1S/C17H20N6OS/c1-4-14(12-9-18-23(3)10-12)19-16(24)20-17-22-21-15(25-17)13-8-6-5-7-11(13)2/h5-10,14H,4H2,1-3H3,(H2,19,20,22,24)/t14-/m1/s1. The quantitative estimate of drug-likeness (QED) is 0.732. The molecule has 0 bridgehead atoms. The van der Waals surface area contributed by atoms with E-state index in [-0.39, 0.29) is 12.1 Å². The molecule has 0 aliphatic rings. The van der Waals surface area contributed by atoms with E-state index in [2.05, 4.69) is 25.9 Å². The van der Waals surface area contributed by atoms with Crippen LogP contribution in [0, 0.1) is 6.92 Å². The largest absolute Gasteiger partial charge is 0.331 e. The number of hydrogen-bond acceptors (Lipinski definition) is 5. The van der Waals surface area contributed by atoms with E-state index in [1.807, 2.05) is 51.4 Å². The molecule has 7 nitrogen and oxygen atoms in total. The summed E-state index contributed by atoms with van der Waals surface area (Å²) >= 11 is 1.35. The average Bonchev–Trinajstić information content (AvgIpc) is 3.22. The van der Waals surface area contributed by atoms with Crippen molar-refractivity contribution in [2.24, 2.45) is 7.05 Å². The highest BCUT2D eigenvalue weighted by atomic mass is 32.1. The Hall–Kier alpha value is -2.74. The normalized spacial score (nSPS) is 12.0. The van der Waals surface area contributed by atoms with Crippen LogP contribution in [-0.4, -0.2) is 26.0 Å². The fourth-order valence-electron chi connectivity index (χ4n) is 2.53. The van der Waals surface area contributed by atoms with Gasteiger partial charge in [-0.1, -0.05) is 42.5 Å². The van der Waals surface area contributed by atoms with Gasteiger partial charge in [0.1, 0.15) is 5.01 Å². The molecule has 1 aromatic carbocycles. The Labute approximate surface area is 150 Å². The van der Waals surface area contributed by atoms with E-state index in [0.29, 0.717) is 5.13 Å². The van der Waals surface area contributed by atoms with Gasteiger partial charge in [0, 0.05) is 24.4 Å². The second kappa shape index (κ2) is 7.43. The molecule has 0 saturated carbocycles. The Kier molecular flexibility index (Phi) is 5.08. The number of hydrogen-bond donors (Lipinski definition) is 2. The maximum atomic E-state index is 12.3. The van der Waals surface area contributed by atoms with E-state index in [9.17, 15) is 4.79 Å². The minimum absolute atomic E-state index is 0.0996. The third-order valence-electron chi connectivity index (χ3n) is 3.86. The third kappa shape index (κ3) is 4.03. The SMILES string of the molecule is CC[C@@H](NC(=O)Nc1nnc(-c2ccccc2C)s1)c1cnn(C)c1. The number of rotatable bonds is 5. The van der Waals surface area contributed by atoms with Crippen molar-refractivity contribution < 1.29 is 4.79 Å². The van der Waals surface area contributed by atoms with Crippen molar-refractivity contribution in [3.8, 4) is 10.6 Å². The smallest absolute Gasteiger partial charge is 0.321 e. The zero-order valence-corrected chi connectivity index (χ0v) is 15.2. The molecule has 2 amide bonds. The van der Waals surface area contributed by atoms with E-state index >= 15 is 0 Å². The Bertz CT molecular complexity index is 871. The van der Waals surface area contributed by atoms with Crippen LogP contribution in [-0.2, 0) is 7.05 Å². The molecule has 0 aliphatic carbocycles. The third-order valence-corrected chi connectivity index (χ3v) is 4.73. The molecule has 2 N–H and O–H groups in total. The van der Waals surface area contributed by atoms with Crippen LogP contribution in [0.1, 0.15) is 30.5 Å². The number of aryl methyl sites for hydroxylation is 2. The molecule has 0 spiro atoms. The molecular weight excluding hydrogens is 336 g/mol. The Morgan fingerprint density at radius 2 is 2.12 bits per heavy atom. The molecule has 0 radical (unpaired) electrons. The van der Waals surface area contributed by atoms with E-state index in [1.165, 1.54) is 11.3 Å². The number of anilines is 1. The maximum absolute atomic E-state index is 12.3. The first-order chi connectivity index (χ1) is 12.1. The summed E-state index contributed by atoms with van der Waals surface area (Å²) in [6.07, 6.45) is 4.43. The van der Waals surface area contributed by atoms with E-state index in [4.69, 9.17) is 0 Å². The molecule has 2 heterocycles.